The smallest absolute Gasteiger partial charge is 0.281 e. The fraction of sp³-hybridized carbons (Fsp3) is 0.500. The minimum absolute atomic E-state index is 0.0445. The highest BCUT2D eigenvalue weighted by Crippen LogP contribution is 2.24. The molecule has 2 rings (SSSR count). The van der Waals surface area contributed by atoms with Gasteiger partial charge in [-0.25, -0.2) is 4.39 Å². The van der Waals surface area contributed by atoms with E-state index in [2.05, 4.69) is 0 Å². The molecule has 1 aliphatic heterocycles. The number of Topliss-reactive ketones (excluding diaryl/α,β-unsaturated/α-hetero) is 1. The van der Waals surface area contributed by atoms with Gasteiger partial charge in [0.05, 0.1) is 0 Å². The van der Waals surface area contributed by atoms with Crippen LogP contribution >= 0.6 is 0 Å². The molecule has 0 aromatic heterocycles. The van der Waals surface area contributed by atoms with Crippen molar-refractivity contribution < 1.29 is 17.6 Å². The first-order chi connectivity index (χ1) is 9.82. The summed E-state index contributed by atoms with van der Waals surface area (Å²) in [6.45, 7) is 0.663. The van der Waals surface area contributed by atoms with E-state index < -0.39 is 10.2 Å². The average Bonchev–Trinajstić information content (AvgIpc) is 2.47. The van der Waals surface area contributed by atoms with E-state index in [0.29, 0.717) is 31.5 Å². The Labute approximate surface area is 124 Å². The maximum absolute atomic E-state index is 12.9. The predicted molar refractivity (Wildman–Crippen MR) is 77.6 cm³/mol. The molecule has 1 saturated heterocycles. The largest absolute Gasteiger partial charge is 0.294 e. The van der Waals surface area contributed by atoms with E-state index in [4.69, 9.17) is 0 Å². The first kappa shape index (κ1) is 16.1. The van der Waals surface area contributed by atoms with Crippen LogP contribution in [0.25, 0.3) is 0 Å². The zero-order valence-corrected chi connectivity index (χ0v) is 12.9. The molecule has 0 bridgehead atoms. The monoisotopic (exact) mass is 314 g/mol. The number of nitrogens with zero attached hydrogens (tertiary/aromatic N) is 2. The van der Waals surface area contributed by atoms with Crippen molar-refractivity contribution in [3.05, 3.63) is 35.6 Å². The van der Waals surface area contributed by atoms with Gasteiger partial charge < -0.3 is 0 Å². The van der Waals surface area contributed by atoms with E-state index >= 15 is 0 Å². The first-order valence-corrected chi connectivity index (χ1v) is 8.19. The third-order valence-electron chi connectivity index (χ3n) is 3.74. The lowest BCUT2D eigenvalue weighted by Crippen LogP contribution is -2.45. The molecule has 0 unspecified atom stereocenters. The summed E-state index contributed by atoms with van der Waals surface area (Å²) >= 11 is 0. The molecule has 0 saturated carbocycles. The van der Waals surface area contributed by atoms with Crippen molar-refractivity contribution >= 4 is 16.0 Å². The minimum Gasteiger partial charge on any atom is -0.294 e. The van der Waals surface area contributed by atoms with Gasteiger partial charge in [0, 0.05) is 38.7 Å². The third kappa shape index (κ3) is 3.48. The zero-order valence-electron chi connectivity index (χ0n) is 12.1. The second kappa shape index (κ2) is 6.21. The molecule has 0 radical (unpaired) electrons. The van der Waals surface area contributed by atoms with Gasteiger partial charge in [0.15, 0.2) is 5.78 Å². The van der Waals surface area contributed by atoms with Gasteiger partial charge in [-0.15, -0.1) is 0 Å². The SMILES string of the molecule is CN(C)S(=O)(=O)N1CCC(C(=O)c2ccc(F)cc2)CC1. The average molecular weight is 314 g/mol. The number of hydrogen-bond acceptors (Lipinski definition) is 3. The van der Waals surface area contributed by atoms with E-state index in [1.165, 1.54) is 47.0 Å². The standard InChI is InChI=1S/C14H19FN2O3S/c1-16(2)21(19,20)17-9-7-12(8-10-17)14(18)11-3-5-13(15)6-4-11/h3-6,12H,7-10H2,1-2H3. The lowest BCUT2D eigenvalue weighted by Gasteiger charge is -2.32. The van der Waals surface area contributed by atoms with E-state index in [9.17, 15) is 17.6 Å². The van der Waals surface area contributed by atoms with E-state index in [0.717, 1.165) is 0 Å². The number of rotatable bonds is 4. The van der Waals surface area contributed by atoms with Gasteiger partial charge in [0.1, 0.15) is 5.82 Å². The number of hydrogen-bond donors (Lipinski definition) is 0. The van der Waals surface area contributed by atoms with Crippen LogP contribution in [0.15, 0.2) is 24.3 Å². The van der Waals surface area contributed by atoms with Crippen molar-refractivity contribution in [3.63, 3.8) is 0 Å². The Kier molecular flexibility index (Phi) is 4.75. The van der Waals surface area contributed by atoms with Crippen LogP contribution in [0.2, 0.25) is 0 Å². The lowest BCUT2D eigenvalue weighted by molar-refractivity contribution is 0.0873. The summed E-state index contributed by atoms with van der Waals surface area (Å²) < 4.78 is 39.4. The molecule has 1 aromatic rings. The summed E-state index contributed by atoms with van der Waals surface area (Å²) in [6, 6.07) is 5.47. The van der Waals surface area contributed by atoms with E-state index in [-0.39, 0.29) is 17.5 Å². The Morgan fingerprint density at radius 3 is 2.19 bits per heavy atom. The van der Waals surface area contributed by atoms with Crippen LogP contribution in [0.4, 0.5) is 4.39 Å². The molecule has 0 atom stereocenters. The van der Waals surface area contributed by atoms with Crippen LogP contribution in [0, 0.1) is 11.7 Å². The topological polar surface area (TPSA) is 57.7 Å². The summed E-state index contributed by atoms with van der Waals surface area (Å²) in [4.78, 5) is 12.3. The second-order valence-corrected chi connectivity index (χ2v) is 7.48. The molecule has 7 heteroatoms. The van der Waals surface area contributed by atoms with Crippen LogP contribution in [0.3, 0.4) is 0 Å². The van der Waals surface area contributed by atoms with Gasteiger partial charge in [-0.2, -0.15) is 17.0 Å². The third-order valence-corrected chi connectivity index (χ3v) is 5.68. The van der Waals surface area contributed by atoms with Gasteiger partial charge in [-0.3, -0.25) is 4.79 Å². The predicted octanol–water partition coefficient (Wildman–Crippen LogP) is 1.53. The van der Waals surface area contributed by atoms with Crippen molar-refractivity contribution in [2.45, 2.75) is 12.8 Å². The van der Waals surface area contributed by atoms with E-state index in [1.54, 1.807) is 0 Å². The maximum Gasteiger partial charge on any atom is 0.281 e. The molecular formula is C14H19FN2O3S. The molecule has 0 aliphatic carbocycles. The molecule has 5 nitrogen and oxygen atoms in total. The van der Waals surface area contributed by atoms with Crippen LogP contribution in [0.1, 0.15) is 23.2 Å². The van der Waals surface area contributed by atoms with Crippen LogP contribution in [-0.4, -0.2) is 50.0 Å². The normalized spacial score (nSPS) is 18.1. The Balaban J connectivity index is 2.01. The molecule has 1 fully saturated rings. The van der Waals surface area contributed by atoms with Gasteiger partial charge in [-0.05, 0) is 37.1 Å². The number of halogens is 1. The lowest BCUT2D eigenvalue weighted by atomic mass is 9.90. The molecule has 0 N–H and O–H groups in total. The van der Waals surface area contributed by atoms with Crippen molar-refractivity contribution in [3.8, 4) is 0 Å². The summed E-state index contributed by atoms with van der Waals surface area (Å²) in [5.41, 5.74) is 0.477. The quantitative estimate of drug-likeness (QED) is 0.792. The highest BCUT2D eigenvalue weighted by molar-refractivity contribution is 7.86. The summed E-state index contributed by atoms with van der Waals surface area (Å²) in [7, 11) is -0.431. The van der Waals surface area contributed by atoms with Gasteiger partial charge in [0.25, 0.3) is 10.2 Å². The van der Waals surface area contributed by atoms with Crippen molar-refractivity contribution in [2.75, 3.05) is 27.2 Å². The number of ketones is 1. The molecule has 116 valence electrons. The van der Waals surface area contributed by atoms with Gasteiger partial charge in [-0.1, -0.05) is 0 Å². The van der Waals surface area contributed by atoms with Gasteiger partial charge in [0.2, 0.25) is 0 Å². The number of carbonyl (C=O) groups is 1. The highest BCUT2D eigenvalue weighted by atomic mass is 32.2. The summed E-state index contributed by atoms with van der Waals surface area (Å²) in [5.74, 6) is -0.626. The fourth-order valence-corrected chi connectivity index (χ4v) is 3.56. The Bertz CT molecular complexity index is 606. The fourth-order valence-electron chi connectivity index (χ4n) is 2.43. The van der Waals surface area contributed by atoms with Crippen LogP contribution in [0.5, 0.6) is 0 Å². The van der Waals surface area contributed by atoms with Gasteiger partial charge >= 0.3 is 0 Å². The zero-order chi connectivity index (χ0) is 15.6. The molecule has 1 heterocycles. The number of carbonyl (C=O) groups excluding carboxylic acids is 1. The molecule has 0 amide bonds. The van der Waals surface area contributed by atoms with Crippen LogP contribution < -0.4 is 0 Å². The Morgan fingerprint density at radius 1 is 1.19 bits per heavy atom. The molecule has 21 heavy (non-hydrogen) atoms. The molecule has 1 aromatic carbocycles. The Morgan fingerprint density at radius 2 is 1.71 bits per heavy atom. The van der Waals surface area contributed by atoms with E-state index in [1.807, 2.05) is 0 Å². The van der Waals surface area contributed by atoms with Crippen molar-refractivity contribution in [1.82, 2.24) is 8.61 Å². The van der Waals surface area contributed by atoms with Crippen LogP contribution in [-0.2, 0) is 10.2 Å². The number of benzene rings is 1. The number of piperidine rings is 1. The summed E-state index contributed by atoms with van der Waals surface area (Å²) in [6.07, 6.45) is 0.979. The molecule has 1 aliphatic rings. The summed E-state index contributed by atoms with van der Waals surface area (Å²) in [5, 5.41) is 0. The minimum atomic E-state index is -3.41. The molecular weight excluding hydrogens is 295 g/mol. The highest BCUT2D eigenvalue weighted by Gasteiger charge is 2.32. The maximum atomic E-state index is 12.9. The second-order valence-electron chi connectivity index (χ2n) is 5.33. The van der Waals surface area contributed by atoms with Crippen molar-refractivity contribution in [1.29, 1.82) is 0 Å². The Hall–Kier alpha value is -1.31. The van der Waals surface area contributed by atoms with Crippen molar-refractivity contribution in [2.24, 2.45) is 5.92 Å². The first-order valence-electron chi connectivity index (χ1n) is 6.80. The molecule has 0 spiro atoms.